The first kappa shape index (κ1) is 13.7. The SMILES string of the molecule is CN(Cc1ccc(Cl)cc1Cl)c1ccccc1C#N. The van der Waals surface area contributed by atoms with Crippen molar-refractivity contribution in [3.8, 4) is 6.07 Å². The first-order chi connectivity index (χ1) is 9.11. The van der Waals surface area contributed by atoms with Gasteiger partial charge in [0, 0.05) is 23.6 Å². The summed E-state index contributed by atoms with van der Waals surface area (Å²) in [6.07, 6.45) is 0. The van der Waals surface area contributed by atoms with E-state index >= 15 is 0 Å². The van der Waals surface area contributed by atoms with Crippen molar-refractivity contribution in [3.05, 3.63) is 63.6 Å². The third-order valence-corrected chi connectivity index (χ3v) is 3.45. The minimum atomic E-state index is 0.619. The Hall–Kier alpha value is -1.69. The van der Waals surface area contributed by atoms with Gasteiger partial charge in [0.1, 0.15) is 6.07 Å². The van der Waals surface area contributed by atoms with E-state index in [9.17, 15) is 0 Å². The Labute approximate surface area is 122 Å². The molecular formula is C15H12Cl2N2. The van der Waals surface area contributed by atoms with E-state index < -0.39 is 0 Å². The summed E-state index contributed by atoms with van der Waals surface area (Å²) in [5, 5.41) is 10.4. The molecular weight excluding hydrogens is 279 g/mol. The lowest BCUT2D eigenvalue weighted by Crippen LogP contribution is -2.17. The van der Waals surface area contributed by atoms with Crippen LogP contribution in [0.15, 0.2) is 42.5 Å². The van der Waals surface area contributed by atoms with E-state index in [0.29, 0.717) is 22.2 Å². The highest BCUT2D eigenvalue weighted by Gasteiger charge is 2.09. The van der Waals surface area contributed by atoms with Gasteiger partial charge in [-0.3, -0.25) is 0 Å². The van der Waals surface area contributed by atoms with Crippen molar-refractivity contribution < 1.29 is 0 Å². The van der Waals surface area contributed by atoms with Crippen molar-refractivity contribution >= 4 is 28.9 Å². The maximum absolute atomic E-state index is 9.10. The highest BCUT2D eigenvalue weighted by atomic mass is 35.5. The van der Waals surface area contributed by atoms with Gasteiger partial charge in [-0.25, -0.2) is 0 Å². The largest absolute Gasteiger partial charge is 0.369 e. The van der Waals surface area contributed by atoms with Crippen LogP contribution in [0.3, 0.4) is 0 Å². The van der Waals surface area contributed by atoms with E-state index in [1.807, 2.05) is 42.3 Å². The standard InChI is InChI=1S/C15H12Cl2N2/c1-19(15-5-3-2-4-11(15)9-18)10-12-6-7-13(16)8-14(12)17/h2-8H,10H2,1H3. The second-order valence-corrected chi connectivity index (χ2v) is 5.06. The third-order valence-electron chi connectivity index (χ3n) is 2.86. The number of benzene rings is 2. The average Bonchev–Trinajstić information content (AvgIpc) is 2.41. The predicted octanol–water partition coefficient (Wildman–Crippen LogP) is 4.50. The summed E-state index contributed by atoms with van der Waals surface area (Å²) in [4.78, 5) is 1.99. The molecule has 19 heavy (non-hydrogen) atoms. The number of nitrogens with zero attached hydrogens (tertiary/aromatic N) is 2. The van der Waals surface area contributed by atoms with E-state index in [2.05, 4.69) is 6.07 Å². The van der Waals surface area contributed by atoms with E-state index in [1.54, 1.807) is 12.1 Å². The summed E-state index contributed by atoms with van der Waals surface area (Å²) < 4.78 is 0. The molecule has 2 aromatic carbocycles. The molecule has 0 N–H and O–H groups in total. The van der Waals surface area contributed by atoms with E-state index in [1.165, 1.54) is 0 Å². The highest BCUT2D eigenvalue weighted by Crippen LogP contribution is 2.25. The molecule has 0 aliphatic heterocycles. The lowest BCUT2D eigenvalue weighted by molar-refractivity contribution is 0.921. The topological polar surface area (TPSA) is 27.0 Å². The molecule has 2 nitrogen and oxygen atoms in total. The normalized spacial score (nSPS) is 10.0. The third kappa shape index (κ3) is 3.20. The quantitative estimate of drug-likeness (QED) is 0.832. The smallest absolute Gasteiger partial charge is 0.101 e. The lowest BCUT2D eigenvalue weighted by Gasteiger charge is -2.21. The Morgan fingerprint density at radius 3 is 2.58 bits per heavy atom. The summed E-state index contributed by atoms with van der Waals surface area (Å²) in [6, 6.07) is 15.1. The first-order valence-corrected chi connectivity index (χ1v) is 6.51. The number of nitriles is 1. The summed E-state index contributed by atoms with van der Waals surface area (Å²) >= 11 is 12.0. The van der Waals surface area contributed by atoms with E-state index in [-0.39, 0.29) is 0 Å². The van der Waals surface area contributed by atoms with Gasteiger partial charge in [-0.1, -0.05) is 41.4 Å². The number of halogens is 2. The van der Waals surface area contributed by atoms with Crippen molar-refractivity contribution in [2.24, 2.45) is 0 Å². The highest BCUT2D eigenvalue weighted by molar-refractivity contribution is 6.35. The zero-order valence-corrected chi connectivity index (χ0v) is 11.9. The molecule has 2 rings (SSSR count). The van der Waals surface area contributed by atoms with Gasteiger partial charge < -0.3 is 4.90 Å². The van der Waals surface area contributed by atoms with Crippen LogP contribution in [0.4, 0.5) is 5.69 Å². The molecule has 0 unspecified atom stereocenters. The van der Waals surface area contributed by atoms with Crippen molar-refractivity contribution in [2.45, 2.75) is 6.54 Å². The van der Waals surface area contributed by atoms with Crippen LogP contribution in [0.5, 0.6) is 0 Å². The van der Waals surface area contributed by atoms with Crippen LogP contribution >= 0.6 is 23.2 Å². The number of para-hydroxylation sites is 1. The Morgan fingerprint density at radius 2 is 1.89 bits per heavy atom. The molecule has 0 radical (unpaired) electrons. The fourth-order valence-corrected chi connectivity index (χ4v) is 2.36. The van der Waals surface area contributed by atoms with E-state index in [4.69, 9.17) is 28.5 Å². The second-order valence-electron chi connectivity index (χ2n) is 4.22. The van der Waals surface area contributed by atoms with Gasteiger partial charge in [-0.2, -0.15) is 5.26 Å². The van der Waals surface area contributed by atoms with Crippen LogP contribution in [0.2, 0.25) is 10.0 Å². The first-order valence-electron chi connectivity index (χ1n) is 5.76. The Morgan fingerprint density at radius 1 is 1.16 bits per heavy atom. The Bertz CT molecular complexity index is 632. The zero-order chi connectivity index (χ0) is 13.8. The lowest BCUT2D eigenvalue weighted by atomic mass is 10.1. The van der Waals surface area contributed by atoms with E-state index in [0.717, 1.165) is 11.3 Å². The minimum Gasteiger partial charge on any atom is -0.369 e. The Balaban J connectivity index is 2.26. The molecule has 0 amide bonds. The summed E-state index contributed by atoms with van der Waals surface area (Å²) in [7, 11) is 1.93. The summed E-state index contributed by atoms with van der Waals surface area (Å²) in [5.41, 5.74) is 2.51. The molecule has 0 atom stereocenters. The zero-order valence-electron chi connectivity index (χ0n) is 10.4. The molecule has 0 bridgehead atoms. The molecule has 0 heterocycles. The molecule has 96 valence electrons. The molecule has 0 aliphatic carbocycles. The van der Waals surface area contributed by atoms with Crippen LogP contribution in [0.25, 0.3) is 0 Å². The maximum Gasteiger partial charge on any atom is 0.101 e. The van der Waals surface area contributed by atoms with Gasteiger partial charge in [0.15, 0.2) is 0 Å². The summed E-state index contributed by atoms with van der Waals surface area (Å²) in [6.45, 7) is 0.620. The molecule has 0 saturated carbocycles. The van der Waals surface area contributed by atoms with Crippen LogP contribution in [0.1, 0.15) is 11.1 Å². The van der Waals surface area contributed by atoms with Gasteiger partial charge in [-0.05, 0) is 29.8 Å². The van der Waals surface area contributed by atoms with Crippen LogP contribution < -0.4 is 4.90 Å². The van der Waals surface area contributed by atoms with Crippen LogP contribution in [-0.2, 0) is 6.54 Å². The molecule has 0 spiro atoms. The fourth-order valence-electron chi connectivity index (χ4n) is 1.89. The monoisotopic (exact) mass is 290 g/mol. The summed E-state index contributed by atoms with van der Waals surface area (Å²) in [5.74, 6) is 0. The fraction of sp³-hybridized carbons (Fsp3) is 0.133. The molecule has 0 aromatic heterocycles. The van der Waals surface area contributed by atoms with Gasteiger partial charge in [0.25, 0.3) is 0 Å². The van der Waals surface area contributed by atoms with Crippen molar-refractivity contribution in [2.75, 3.05) is 11.9 Å². The predicted molar refractivity (Wildman–Crippen MR) is 79.7 cm³/mol. The number of hydrogen-bond acceptors (Lipinski definition) is 2. The molecule has 0 aliphatic rings. The van der Waals surface area contributed by atoms with Gasteiger partial charge in [0.2, 0.25) is 0 Å². The molecule has 4 heteroatoms. The van der Waals surface area contributed by atoms with Gasteiger partial charge >= 0.3 is 0 Å². The van der Waals surface area contributed by atoms with Gasteiger partial charge in [-0.15, -0.1) is 0 Å². The average molecular weight is 291 g/mol. The number of hydrogen-bond donors (Lipinski definition) is 0. The minimum absolute atomic E-state index is 0.619. The van der Waals surface area contributed by atoms with Crippen molar-refractivity contribution in [1.29, 1.82) is 5.26 Å². The van der Waals surface area contributed by atoms with Crippen LogP contribution in [0, 0.1) is 11.3 Å². The number of rotatable bonds is 3. The van der Waals surface area contributed by atoms with Crippen molar-refractivity contribution in [3.63, 3.8) is 0 Å². The second kappa shape index (κ2) is 5.97. The maximum atomic E-state index is 9.10. The van der Waals surface area contributed by atoms with Gasteiger partial charge in [0.05, 0.1) is 11.3 Å². The van der Waals surface area contributed by atoms with Crippen molar-refractivity contribution in [1.82, 2.24) is 0 Å². The van der Waals surface area contributed by atoms with Crippen LogP contribution in [-0.4, -0.2) is 7.05 Å². The number of anilines is 1. The Kier molecular flexibility index (Phi) is 4.31. The molecule has 0 fully saturated rings. The molecule has 2 aromatic rings. The molecule has 0 saturated heterocycles.